The van der Waals surface area contributed by atoms with Crippen molar-refractivity contribution in [3.05, 3.63) is 0 Å². The third kappa shape index (κ3) is 45.3. The molecule has 0 saturated carbocycles. The van der Waals surface area contributed by atoms with Crippen LogP contribution in [0.2, 0.25) is 0 Å². The van der Waals surface area contributed by atoms with Crippen LogP contribution in [-0.4, -0.2) is 37.2 Å². The van der Waals surface area contributed by atoms with Gasteiger partial charge in [0.05, 0.1) is 0 Å². The van der Waals surface area contributed by atoms with Crippen LogP contribution in [-0.2, 0) is 28.6 Å². The van der Waals surface area contributed by atoms with Crippen molar-refractivity contribution in [2.24, 2.45) is 5.92 Å². The van der Waals surface area contributed by atoms with Gasteiger partial charge in [-0.3, -0.25) is 14.4 Å². The zero-order valence-corrected chi connectivity index (χ0v) is 38.8. The van der Waals surface area contributed by atoms with E-state index in [1.54, 1.807) is 0 Å². The fourth-order valence-electron chi connectivity index (χ4n) is 7.69. The van der Waals surface area contributed by atoms with Crippen molar-refractivity contribution in [3.63, 3.8) is 0 Å². The van der Waals surface area contributed by atoms with E-state index in [-0.39, 0.29) is 31.1 Å². The molecule has 0 spiro atoms. The normalized spacial score (nSPS) is 11.9. The zero-order valence-electron chi connectivity index (χ0n) is 38.8. The lowest BCUT2D eigenvalue weighted by Gasteiger charge is -2.18. The highest BCUT2D eigenvalue weighted by atomic mass is 16.6. The number of hydrogen-bond acceptors (Lipinski definition) is 6. The Balaban J connectivity index is 4.28. The highest BCUT2D eigenvalue weighted by molar-refractivity contribution is 5.71. The summed E-state index contributed by atoms with van der Waals surface area (Å²) in [4.78, 5) is 37.8. The highest BCUT2D eigenvalue weighted by Gasteiger charge is 2.19. The van der Waals surface area contributed by atoms with Crippen LogP contribution in [0.5, 0.6) is 0 Å². The smallest absolute Gasteiger partial charge is 0.306 e. The first-order valence-corrected chi connectivity index (χ1v) is 25.4. The van der Waals surface area contributed by atoms with Gasteiger partial charge in [-0.2, -0.15) is 0 Å². The number of carbonyl (C=O) groups is 3. The predicted molar refractivity (Wildman–Crippen MR) is 243 cm³/mol. The first-order chi connectivity index (χ1) is 27.9. The number of hydrogen-bond donors (Lipinski definition) is 0. The minimum atomic E-state index is -0.760. The Morgan fingerprint density at radius 3 is 0.860 bits per heavy atom. The molecular formula is C51H98O6. The molecular weight excluding hydrogens is 709 g/mol. The van der Waals surface area contributed by atoms with E-state index in [1.165, 1.54) is 180 Å². The van der Waals surface area contributed by atoms with E-state index >= 15 is 0 Å². The van der Waals surface area contributed by atoms with Gasteiger partial charge < -0.3 is 14.2 Å². The molecule has 0 heterocycles. The molecule has 0 aromatic heterocycles. The fourth-order valence-corrected chi connectivity index (χ4v) is 7.69. The van der Waals surface area contributed by atoms with Crippen molar-refractivity contribution >= 4 is 17.9 Å². The topological polar surface area (TPSA) is 78.9 Å². The molecule has 0 aromatic carbocycles. The number of unbranched alkanes of at least 4 members (excludes halogenated alkanes) is 33. The summed E-state index contributed by atoms with van der Waals surface area (Å²) in [6, 6.07) is 0. The van der Waals surface area contributed by atoms with Gasteiger partial charge in [-0.15, -0.1) is 0 Å². The molecule has 0 unspecified atom stereocenters. The number of carbonyl (C=O) groups excluding carboxylic acids is 3. The number of ether oxygens (including phenoxy) is 3. The van der Waals surface area contributed by atoms with Gasteiger partial charge in [0.15, 0.2) is 6.10 Å². The molecule has 0 aliphatic heterocycles. The summed E-state index contributed by atoms with van der Waals surface area (Å²) in [7, 11) is 0. The fraction of sp³-hybridized carbons (Fsp3) is 0.941. The van der Waals surface area contributed by atoms with Gasteiger partial charge >= 0.3 is 17.9 Å². The first kappa shape index (κ1) is 55.4. The molecule has 0 aliphatic carbocycles. The second kappa shape index (κ2) is 45.5. The van der Waals surface area contributed by atoms with E-state index < -0.39 is 6.10 Å². The lowest BCUT2D eigenvalue weighted by molar-refractivity contribution is -0.167. The molecule has 0 amide bonds. The van der Waals surface area contributed by atoms with E-state index in [4.69, 9.17) is 14.2 Å². The summed E-state index contributed by atoms with van der Waals surface area (Å²) in [5.74, 6) is -0.0671. The van der Waals surface area contributed by atoms with Gasteiger partial charge in [0.2, 0.25) is 0 Å². The molecule has 0 radical (unpaired) electrons. The van der Waals surface area contributed by atoms with E-state index in [0.29, 0.717) is 19.3 Å². The Hall–Kier alpha value is -1.59. The lowest BCUT2D eigenvalue weighted by Crippen LogP contribution is -2.30. The SMILES string of the molecule is CCCCCCCCCCCCCCCCCCC(=O)OC[C@@H](COC(=O)CCCCCCCCCC(C)C)OC(=O)CCCCCCCCCCCCCCC. The Morgan fingerprint density at radius 1 is 0.333 bits per heavy atom. The van der Waals surface area contributed by atoms with Crippen LogP contribution in [0.25, 0.3) is 0 Å². The number of esters is 3. The molecule has 57 heavy (non-hydrogen) atoms. The van der Waals surface area contributed by atoms with Crippen LogP contribution < -0.4 is 0 Å². The molecule has 0 aliphatic rings. The van der Waals surface area contributed by atoms with Gasteiger partial charge in [-0.05, 0) is 25.2 Å². The second-order valence-electron chi connectivity index (χ2n) is 17.9. The number of rotatable bonds is 46. The predicted octanol–water partition coefficient (Wildman–Crippen LogP) is 16.3. The summed E-state index contributed by atoms with van der Waals surface area (Å²) in [5, 5.41) is 0. The van der Waals surface area contributed by atoms with Crippen molar-refractivity contribution in [1.29, 1.82) is 0 Å². The third-order valence-corrected chi connectivity index (χ3v) is 11.5. The van der Waals surface area contributed by atoms with Crippen molar-refractivity contribution < 1.29 is 28.6 Å². The Bertz CT molecular complexity index is 857. The average Bonchev–Trinajstić information content (AvgIpc) is 3.19. The van der Waals surface area contributed by atoms with Crippen molar-refractivity contribution in [1.82, 2.24) is 0 Å². The average molecular weight is 807 g/mol. The zero-order chi connectivity index (χ0) is 41.7. The second-order valence-corrected chi connectivity index (χ2v) is 17.9. The summed E-state index contributed by atoms with van der Waals surface area (Å²) in [6.07, 6.45) is 46.6. The first-order valence-electron chi connectivity index (χ1n) is 25.4. The monoisotopic (exact) mass is 807 g/mol. The van der Waals surface area contributed by atoms with Crippen LogP contribution in [0.4, 0.5) is 0 Å². The van der Waals surface area contributed by atoms with Crippen LogP contribution in [0.15, 0.2) is 0 Å². The van der Waals surface area contributed by atoms with Gasteiger partial charge in [0.1, 0.15) is 13.2 Å². The molecule has 338 valence electrons. The molecule has 6 heteroatoms. The van der Waals surface area contributed by atoms with Crippen LogP contribution >= 0.6 is 0 Å². The maximum Gasteiger partial charge on any atom is 0.306 e. The Kier molecular flexibility index (Phi) is 44.2. The molecule has 0 bridgehead atoms. The van der Waals surface area contributed by atoms with Gasteiger partial charge in [-0.1, -0.05) is 246 Å². The van der Waals surface area contributed by atoms with Gasteiger partial charge in [0.25, 0.3) is 0 Å². The van der Waals surface area contributed by atoms with Crippen LogP contribution in [0.1, 0.15) is 285 Å². The minimum absolute atomic E-state index is 0.0634. The Morgan fingerprint density at radius 2 is 0.579 bits per heavy atom. The molecule has 0 rings (SSSR count). The molecule has 0 N–H and O–H groups in total. The Labute approximate surface area is 355 Å². The van der Waals surface area contributed by atoms with E-state index in [2.05, 4.69) is 27.7 Å². The lowest BCUT2D eigenvalue weighted by atomic mass is 10.0. The summed E-state index contributed by atoms with van der Waals surface area (Å²) in [5.41, 5.74) is 0. The minimum Gasteiger partial charge on any atom is -0.462 e. The highest BCUT2D eigenvalue weighted by Crippen LogP contribution is 2.17. The molecule has 6 nitrogen and oxygen atoms in total. The maximum atomic E-state index is 12.8. The third-order valence-electron chi connectivity index (χ3n) is 11.5. The van der Waals surface area contributed by atoms with E-state index in [0.717, 1.165) is 63.7 Å². The largest absolute Gasteiger partial charge is 0.462 e. The van der Waals surface area contributed by atoms with Gasteiger partial charge in [-0.25, -0.2) is 0 Å². The summed E-state index contributed by atoms with van der Waals surface area (Å²) in [6.45, 7) is 8.97. The van der Waals surface area contributed by atoms with Crippen molar-refractivity contribution in [2.75, 3.05) is 13.2 Å². The molecule has 0 fully saturated rings. The van der Waals surface area contributed by atoms with Gasteiger partial charge in [0, 0.05) is 19.3 Å². The van der Waals surface area contributed by atoms with E-state index in [1.807, 2.05) is 0 Å². The molecule has 1 atom stereocenters. The maximum absolute atomic E-state index is 12.8. The summed E-state index contributed by atoms with van der Waals surface area (Å²) < 4.78 is 16.8. The molecule has 0 saturated heterocycles. The van der Waals surface area contributed by atoms with Crippen LogP contribution in [0.3, 0.4) is 0 Å². The molecule has 0 aromatic rings. The van der Waals surface area contributed by atoms with Crippen molar-refractivity contribution in [2.45, 2.75) is 291 Å². The summed E-state index contributed by atoms with van der Waals surface area (Å²) >= 11 is 0. The standard InChI is InChI=1S/C51H98O6/c1-5-7-9-11-13-15-17-19-20-21-23-24-26-30-34-38-42-49(52)55-45-48(46-56-50(53)43-39-35-32-28-29-33-37-41-47(3)4)57-51(54)44-40-36-31-27-25-22-18-16-14-12-10-8-6-2/h47-48H,5-46H2,1-4H3/t48-/m0/s1. The van der Waals surface area contributed by atoms with E-state index in [9.17, 15) is 14.4 Å². The van der Waals surface area contributed by atoms with Crippen molar-refractivity contribution in [3.8, 4) is 0 Å². The quantitative estimate of drug-likeness (QED) is 0.0346. The van der Waals surface area contributed by atoms with Crippen LogP contribution in [0, 0.1) is 5.92 Å².